The number of ether oxygens (including phenoxy) is 4. The molecule has 1 fully saturated rings. The van der Waals surface area contributed by atoms with Gasteiger partial charge in [-0.1, -0.05) is 55.1 Å². The van der Waals surface area contributed by atoms with E-state index in [1.165, 1.54) is 39.7 Å². The van der Waals surface area contributed by atoms with Gasteiger partial charge in [0.05, 0.1) is 26.4 Å². The molecule has 11 nitrogen and oxygen atoms in total. The fraction of sp³-hybridized carbons (Fsp3) is 0.257. The van der Waals surface area contributed by atoms with Crippen molar-refractivity contribution >= 4 is 29.8 Å². The Morgan fingerprint density at radius 2 is 1.90 bits per heavy atom. The number of pyridine rings is 1. The van der Waals surface area contributed by atoms with Crippen LogP contribution in [-0.2, 0) is 24.8 Å². The van der Waals surface area contributed by atoms with Crippen molar-refractivity contribution in [3.8, 4) is 5.75 Å². The number of benzene rings is 2. The van der Waals surface area contributed by atoms with Crippen LogP contribution in [0, 0.1) is 11.6 Å². The van der Waals surface area contributed by atoms with Crippen molar-refractivity contribution in [2.24, 2.45) is 0 Å². The molecule has 6 rings (SSSR count). The molecule has 3 aliphatic rings. The number of esters is 1. The highest BCUT2D eigenvalue weighted by atomic mass is 32.2. The number of aromatic nitrogens is 1. The lowest BCUT2D eigenvalue weighted by Crippen LogP contribution is -2.66. The average molecular weight is 692 g/mol. The van der Waals surface area contributed by atoms with Crippen molar-refractivity contribution in [3.63, 3.8) is 0 Å². The first kappa shape index (κ1) is 33.7. The zero-order chi connectivity index (χ0) is 34.8. The number of halogens is 2. The molecule has 0 spiro atoms. The summed E-state index contributed by atoms with van der Waals surface area (Å²) >= 11 is 1.34. The van der Waals surface area contributed by atoms with Gasteiger partial charge in [-0.25, -0.2) is 18.4 Å². The van der Waals surface area contributed by atoms with Crippen molar-refractivity contribution in [2.45, 2.75) is 35.9 Å². The van der Waals surface area contributed by atoms with Crippen LogP contribution < -0.4 is 15.2 Å². The van der Waals surface area contributed by atoms with Crippen LogP contribution in [0.3, 0.4) is 0 Å². The van der Waals surface area contributed by atoms with Gasteiger partial charge in [-0.2, -0.15) is 0 Å². The molecule has 3 aliphatic heterocycles. The molecule has 1 aromatic heterocycles. The number of rotatable bonds is 7. The summed E-state index contributed by atoms with van der Waals surface area (Å²) in [6.07, 6.45) is 3.90. The van der Waals surface area contributed by atoms with Crippen LogP contribution in [0.1, 0.15) is 40.1 Å². The Hall–Kier alpha value is -5.21. The molecule has 0 unspecified atom stereocenters. The van der Waals surface area contributed by atoms with Crippen LogP contribution in [0.15, 0.2) is 94.8 Å². The molecule has 0 radical (unpaired) electrons. The smallest absolute Gasteiger partial charge is 0.466 e. The van der Waals surface area contributed by atoms with Crippen molar-refractivity contribution < 1.29 is 42.1 Å². The summed E-state index contributed by atoms with van der Waals surface area (Å²) < 4.78 is 52.7. The van der Waals surface area contributed by atoms with Crippen molar-refractivity contribution in [3.05, 3.63) is 129 Å². The lowest BCUT2D eigenvalue weighted by atomic mass is 9.93. The van der Waals surface area contributed by atoms with Gasteiger partial charge in [0.25, 0.3) is 5.91 Å². The molecule has 1 amide bonds. The van der Waals surface area contributed by atoms with E-state index in [1.807, 2.05) is 24.3 Å². The van der Waals surface area contributed by atoms with Crippen molar-refractivity contribution in [1.29, 1.82) is 0 Å². The van der Waals surface area contributed by atoms with Gasteiger partial charge in [-0.3, -0.25) is 19.3 Å². The van der Waals surface area contributed by atoms with E-state index < -0.39 is 59.2 Å². The van der Waals surface area contributed by atoms with Gasteiger partial charge in [0.1, 0.15) is 6.17 Å². The van der Waals surface area contributed by atoms with Gasteiger partial charge in [-0.15, -0.1) is 11.8 Å². The Morgan fingerprint density at radius 3 is 2.67 bits per heavy atom. The largest absolute Gasteiger partial charge is 0.515 e. The monoisotopic (exact) mass is 691 g/mol. The minimum absolute atomic E-state index is 0.0457. The number of thioether (sulfide) groups is 1. The second-order valence-corrected chi connectivity index (χ2v) is 12.1. The van der Waals surface area contributed by atoms with Gasteiger partial charge < -0.3 is 23.8 Å². The number of hydrogen-bond donors (Lipinski definition) is 0. The highest BCUT2D eigenvalue weighted by Gasteiger charge is 2.47. The number of amides is 1. The number of morpholine rings is 1. The Balaban J connectivity index is 1.48. The first-order valence-corrected chi connectivity index (χ1v) is 16.2. The van der Waals surface area contributed by atoms with Gasteiger partial charge in [0.2, 0.25) is 17.3 Å². The number of allylic oxidation sites excluding steroid dienone is 3. The van der Waals surface area contributed by atoms with Crippen LogP contribution in [0.25, 0.3) is 0 Å². The number of fused-ring (bicyclic) bond motifs is 4. The van der Waals surface area contributed by atoms with E-state index >= 15 is 4.39 Å². The third-order valence-corrected chi connectivity index (χ3v) is 9.41. The highest BCUT2D eigenvalue weighted by molar-refractivity contribution is 7.98. The van der Waals surface area contributed by atoms with Gasteiger partial charge in [0.15, 0.2) is 17.3 Å². The number of nitrogens with zero attached hydrogens (tertiary/aromatic N) is 3. The van der Waals surface area contributed by atoms with Crippen molar-refractivity contribution in [2.75, 3.05) is 31.9 Å². The lowest BCUT2D eigenvalue weighted by molar-refractivity contribution is -0.149. The number of methoxy groups -OCH3 is 1. The first-order chi connectivity index (χ1) is 23.7. The van der Waals surface area contributed by atoms with Crippen LogP contribution >= 0.6 is 11.8 Å². The Morgan fingerprint density at radius 1 is 1.10 bits per heavy atom. The fourth-order valence-corrected chi connectivity index (χ4v) is 7.15. The maximum absolute atomic E-state index is 15.4. The van der Waals surface area contributed by atoms with E-state index in [-0.39, 0.29) is 42.3 Å². The second-order valence-electron chi connectivity index (χ2n) is 11.1. The first-order valence-electron chi connectivity index (χ1n) is 15.2. The summed E-state index contributed by atoms with van der Waals surface area (Å²) in [5.74, 6) is -4.10. The number of carbonyl (C=O) groups is 3. The third kappa shape index (κ3) is 6.24. The molecular weight excluding hydrogens is 660 g/mol. The molecule has 2 aromatic carbocycles. The number of hydrogen-bond acceptors (Lipinski definition) is 10. The summed E-state index contributed by atoms with van der Waals surface area (Å²) in [5, 5.41) is 1.74. The summed E-state index contributed by atoms with van der Waals surface area (Å²) in [5.41, 5.74) is 0.227. The molecule has 4 heterocycles. The van der Waals surface area contributed by atoms with Crippen LogP contribution in [0.5, 0.6) is 5.75 Å². The summed E-state index contributed by atoms with van der Waals surface area (Å²) in [7, 11) is 1.10. The maximum Gasteiger partial charge on any atom is 0.515 e. The standard InChI is InChI=1S/C35H31F2N3O8S/c1-4-5-6-9-20(2)31(34(43)45-3)47-35(44)48-32-25(41)14-15-39-30(32)33(42)38-16-17-46-18-27(38)40(39)29-21-12-13-24(36)28(37)23(21)19-49-26-11-8-7-10-22(26)29/h4-15,27,29,31H,2,16-19H2,1,3H3/b5-4-,9-6-/t27-,29+,31-/m1/s1. The summed E-state index contributed by atoms with van der Waals surface area (Å²) in [6.45, 7) is 5.89. The van der Waals surface area contributed by atoms with Gasteiger partial charge in [-0.05, 0) is 35.8 Å². The minimum Gasteiger partial charge on any atom is -0.466 e. The normalized spacial score (nSPS) is 19.0. The SMILES string of the molecule is C=C(/C=C\C=C/C)[C@@H](OC(=O)Oc1c2n(ccc1=O)N([C@@H]1c3ccccc3SCc3c1ccc(F)c3F)[C@@H]1COCCN1C2=O)C(=O)OC. The molecule has 0 aliphatic carbocycles. The lowest BCUT2D eigenvalue weighted by Gasteiger charge is -2.51. The molecule has 254 valence electrons. The van der Waals surface area contributed by atoms with E-state index in [4.69, 9.17) is 18.9 Å². The van der Waals surface area contributed by atoms with E-state index in [1.54, 1.807) is 30.2 Å². The Kier molecular flexibility index (Phi) is 9.69. The Labute approximate surface area is 284 Å². The third-order valence-electron chi connectivity index (χ3n) is 8.30. The molecule has 49 heavy (non-hydrogen) atoms. The minimum atomic E-state index is -1.62. The van der Waals surface area contributed by atoms with Gasteiger partial charge >= 0.3 is 12.1 Å². The molecule has 3 aromatic rings. The van der Waals surface area contributed by atoms with Crippen LogP contribution in [0.4, 0.5) is 13.6 Å². The predicted octanol–water partition coefficient (Wildman–Crippen LogP) is 5.02. The molecular formula is C35H31F2N3O8S. The second kappa shape index (κ2) is 14.1. The molecule has 0 N–H and O–H groups in total. The van der Waals surface area contributed by atoms with Crippen molar-refractivity contribution in [1.82, 2.24) is 9.58 Å². The van der Waals surface area contributed by atoms with E-state index in [9.17, 15) is 23.6 Å². The molecule has 0 bridgehead atoms. The van der Waals surface area contributed by atoms with E-state index in [0.29, 0.717) is 5.56 Å². The summed E-state index contributed by atoms with van der Waals surface area (Å²) in [4.78, 5) is 55.5. The van der Waals surface area contributed by atoms with Gasteiger partial charge in [0, 0.05) is 35.0 Å². The zero-order valence-corrected chi connectivity index (χ0v) is 27.3. The number of carbonyl (C=O) groups excluding carboxylic acids is 3. The summed E-state index contributed by atoms with van der Waals surface area (Å²) in [6, 6.07) is 10.2. The maximum atomic E-state index is 15.4. The van der Waals surface area contributed by atoms with Crippen LogP contribution in [-0.4, -0.2) is 66.7 Å². The molecule has 0 saturated carbocycles. The van der Waals surface area contributed by atoms with E-state index in [0.717, 1.165) is 29.7 Å². The van der Waals surface area contributed by atoms with Crippen LogP contribution in [0.2, 0.25) is 0 Å². The zero-order valence-electron chi connectivity index (χ0n) is 26.5. The van der Waals surface area contributed by atoms with E-state index in [2.05, 4.69) is 6.58 Å². The molecule has 14 heteroatoms. The molecule has 3 atom stereocenters. The quantitative estimate of drug-likeness (QED) is 0.247. The predicted molar refractivity (Wildman–Crippen MR) is 175 cm³/mol. The topological polar surface area (TPSA) is 117 Å². The Bertz CT molecular complexity index is 1960. The highest BCUT2D eigenvalue weighted by Crippen LogP contribution is 2.45. The molecule has 1 saturated heterocycles. The fourth-order valence-electron chi connectivity index (χ4n) is 6.03. The average Bonchev–Trinajstić information content (AvgIpc) is 3.27.